The number of carbonyl (C=O) groups is 3. The molecule has 29 heavy (non-hydrogen) atoms. The first kappa shape index (κ1) is 19.6. The van der Waals surface area contributed by atoms with Gasteiger partial charge in [-0.1, -0.05) is 28.1 Å². The Labute approximate surface area is 175 Å². The van der Waals surface area contributed by atoms with Crippen molar-refractivity contribution in [3.8, 4) is 11.5 Å². The second-order valence-electron chi connectivity index (χ2n) is 7.12. The van der Waals surface area contributed by atoms with Crippen LogP contribution in [0.15, 0.2) is 33.9 Å². The average molecular weight is 463 g/mol. The molecular weight excluding hydrogens is 444 g/mol. The minimum absolute atomic E-state index is 0.117. The first-order valence-corrected chi connectivity index (χ1v) is 9.91. The fraction of sp³-hybridized carbons (Fsp3) is 0.400. The molecule has 2 fully saturated rings. The van der Waals surface area contributed by atoms with E-state index < -0.39 is 5.97 Å². The number of rotatable bonds is 6. The highest BCUT2D eigenvalue weighted by Gasteiger charge is 2.59. The van der Waals surface area contributed by atoms with Gasteiger partial charge in [0.15, 0.2) is 18.1 Å². The first-order chi connectivity index (χ1) is 13.9. The van der Waals surface area contributed by atoms with Crippen LogP contribution in [0.4, 0.5) is 0 Å². The van der Waals surface area contributed by atoms with Crippen molar-refractivity contribution in [1.82, 2.24) is 5.01 Å². The molecule has 8 nitrogen and oxygen atoms in total. The first-order valence-electron chi connectivity index (χ1n) is 9.12. The summed E-state index contributed by atoms with van der Waals surface area (Å²) in [6, 6.07) is 3.36. The SMILES string of the molecule is COC(=O)COc1c(C=NN2C(=O)C3C4C=CC(C4)C3C2=O)cc(Br)cc1OC. The maximum absolute atomic E-state index is 12.8. The van der Waals surface area contributed by atoms with Crippen LogP contribution < -0.4 is 9.47 Å². The van der Waals surface area contributed by atoms with Crippen molar-refractivity contribution in [2.24, 2.45) is 28.8 Å². The predicted molar refractivity (Wildman–Crippen MR) is 105 cm³/mol. The molecule has 0 radical (unpaired) electrons. The van der Waals surface area contributed by atoms with Crippen LogP contribution in [0.25, 0.3) is 0 Å². The summed E-state index contributed by atoms with van der Waals surface area (Å²) >= 11 is 3.38. The molecule has 0 spiro atoms. The predicted octanol–water partition coefficient (Wildman–Crippen LogP) is 2.15. The molecule has 4 unspecified atom stereocenters. The Kier molecular flexibility index (Phi) is 5.16. The molecular formula is C20H19BrN2O6. The third-order valence-corrected chi connectivity index (χ3v) is 6.05. The van der Waals surface area contributed by atoms with Crippen molar-refractivity contribution in [2.75, 3.05) is 20.8 Å². The third-order valence-electron chi connectivity index (χ3n) is 5.59. The summed E-state index contributed by atoms with van der Waals surface area (Å²) < 4.78 is 16.1. The van der Waals surface area contributed by atoms with Crippen LogP contribution in [0.3, 0.4) is 0 Å². The molecule has 1 saturated carbocycles. The fourth-order valence-corrected chi connectivity index (χ4v) is 4.76. The normalized spacial score (nSPS) is 27.1. The van der Waals surface area contributed by atoms with Crippen LogP contribution in [0.1, 0.15) is 12.0 Å². The highest BCUT2D eigenvalue weighted by atomic mass is 79.9. The van der Waals surface area contributed by atoms with E-state index in [1.165, 1.54) is 20.4 Å². The van der Waals surface area contributed by atoms with E-state index in [4.69, 9.17) is 9.47 Å². The van der Waals surface area contributed by atoms with E-state index in [1.807, 2.05) is 12.2 Å². The molecule has 2 bridgehead atoms. The minimum atomic E-state index is -0.557. The number of fused-ring (bicyclic) bond motifs is 5. The van der Waals surface area contributed by atoms with Gasteiger partial charge in [0.2, 0.25) is 0 Å². The van der Waals surface area contributed by atoms with E-state index in [1.54, 1.807) is 12.1 Å². The molecule has 1 heterocycles. The molecule has 2 amide bonds. The maximum atomic E-state index is 12.8. The Balaban J connectivity index is 1.61. The number of hydrogen-bond acceptors (Lipinski definition) is 7. The van der Waals surface area contributed by atoms with Crippen molar-refractivity contribution < 1.29 is 28.6 Å². The number of ether oxygens (including phenoxy) is 3. The minimum Gasteiger partial charge on any atom is -0.493 e. The second-order valence-corrected chi connectivity index (χ2v) is 8.04. The van der Waals surface area contributed by atoms with Crippen LogP contribution in [0.5, 0.6) is 11.5 Å². The number of imide groups is 1. The van der Waals surface area contributed by atoms with E-state index in [0.29, 0.717) is 15.8 Å². The van der Waals surface area contributed by atoms with Gasteiger partial charge in [-0.05, 0) is 30.4 Å². The van der Waals surface area contributed by atoms with E-state index in [2.05, 4.69) is 25.8 Å². The summed E-state index contributed by atoms with van der Waals surface area (Å²) in [6.45, 7) is -0.323. The topological polar surface area (TPSA) is 94.5 Å². The Morgan fingerprint density at radius 2 is 1.86 bits per heavy atom. The molecule has 1 aliphatic heterocycles. The van der Waals surface area contributed by atoms with Gasteiger partial charge in [0.05, 0.1) is 32.3 Å². The molecule has 152 valence electrons. The van der Waals surface area contributed by atoms with Crippen molar-refractivity contribution in [2.45, 2.75) is 6.42 Å². The quantitative estimate of drug-likeness (QED) is 0.278. The van der Waals surface area contributed by atoms with Gasteiger partial charge in [-0.2, -0.15) is 10.1 Å². The molecule has 1 aromatic carbocycles. The Hall–Kier alpha value is -2.68. The van der Waals surface area contributed by atoms with Gasteiger partial charge in [-0.15, -0.1) is 0 Å². The Morgan fingerprint density at radius 1 is 1.21 bits per heavy atom. The van der Waals surface area contributed by atoms with Gasteiger partial charge >= 0.3 is 5.97 Å². The third kappa shape index (κ3) is 3.33. The fourth-order valence-electron chi connectivity index (χ4n) is 4.30. The van der Waals surface area contributed by atoms with Gasteiger partial charge in [0.25, 0.3) is 11.8 Å². The van der Waals surface area contributed by atoms with Crippen LogP contribution in [0, 0.1) is 23.7 Å². The molecule has 9 heteroatoms. The van der Waals surface area contributed by atoms with Crippen LogP contribution >= 0.6 is 15.9 Å². The number of esters is 1. The molecule has 0 N–H and O–H groups in total. The van der Waals surface area contributed by atoms with Gasteiger partial charge in [0.1, 0.15) is 0 Å². The number of methoxy groups -OCH3 is 2. The molecule has 3 aliphatic rings. The zero-order valence-electron chi connectivity index (χ0n) is 15.8. The highest BCUT2D eigenvalue weighted by molar-refractivity contribution is 9.10. The van der Waals surface area contributed by atoms with E-state index in [-0.39, 0.29) is 47.8 Å². The van der Waals surface area contributed by atoms with E-state index in [0.717, 1.165) is 11.4 Å². The van der Waals surface area contributed by atoms with Gasteiger partial charge in [0, 0.05) is 10.0 Å². The standard InChI is InChI=1S/C20H19BrN2O6/c1-27-14-7-13(21)6-12(18(14)29-9-15(24)28-2)8-22-23-19(25)16-10-3-4-11(5-10)17(16)20(23)26/h3-4,6-8,10-11,16-17H,5,9H2,1-2H3. The van der Waals surface area contributed by atoms with Crippen molar-refractivity contribution in [3.05, 3.63) is 34.3 Å². The monoisotopic (exact) mass is 462 g/mol. The van der Waals surface area contributed by atoms with Crippen LogP contribution in [0.2, 0.25) is 0 Å². The lowest BCUT2D eigenvalue weighted by molar-refractivity contribution is -0.143. The number of hydrogen-bond donors (Lipinski definition) is 0. The lowest BCUT2D eigenvalue weighted by Gasteiger charge is -2.14. The summed E-state index contributed by atoms with van der Waals surface area (Å²) in [4.78, 5) is 37.0. The molecule has 4 rings (SSSR count). The highest BCUT2D eigenvalue weighted by Crippen LogP contribution is 2.52. The number of amides is 2. The zero-order chi connectivity index (χ0) is 20.7. The average Bonchev–Trinajstić information content (AvgIpc) is 3.39. The van der Waals surface area contributed by atoms with Gasteiger partial charge < -0.3 is 14.2 Å². The van der Waals surface area contributed by atoms with Crippen molar-refractivity contribution in [3.63, 3.8) is 0 Å². The molecule has 0 aromatic heterocycles. The number of allylic oxidation sites excluding steroid dienone is 2. The van der Waals surface area contributed by atoms with E-state index in [9.17, 15) is 14.4 Å². The lowest BCUT2D eigenvalue weighted by Crippen LogP contribution is -2.28. The van der Waals surface area contributed by atoms with Crippen LogP contribution in [-0.2, 0) is 19.1 Å². The number of hydrazone groups is 1. The Morgan fingerprint density at radius 3 is 2.45 bits per heavy atom. The molecule has 1 saturated heterocycles. The van der Waals surface area contributed by atoms with Crippen molar-refractivity contribution in [1.29, 1.82) is 0 Å². The number of halogens is 1. The summed E-state index contributed by atoms with van der Waals surface area (Å²) in [5, 5.41) is 5.13. The summed E-state index contributed by atoms with van der Waals surface area (Å²) in [5.41, 5.74) is 0.443. The van der Waals surface area contributed by atoms with Gasteiger partial charge in [-0.3, -0.25) is 9.59 Å². The molecule has 4 atom stereocenters. The largest absolute Gasteiger partial charge is 0.493 e. The van der Waals surface area contributed by atoms with Crippen LogP contribution in [-0.4, -0.2) is 49.8 Å². The zero-order valence-corrected chi connectivity index (χ0v) is 17.4. The summed E-state index contributed by atoms with van der Waals surface area (Å²) in [6.07, 6.45) is 6.29. The molecule has 1 aromatic rings. The number of benzene rings is 1. The van der Waals surface area contributed by atoms with E-state index >= 15 is 0 Å². The van der Waals surface area contributed by atoms with Gasteiger partial charge in [-0.25, -0.2) is 4.79 Å². The lowest BCUT2D eigenvalue weighted by atomic mass is 9.85. The Bertz CT molecular complexity index is 913. The summed E-state index contributed by atoms with van der Waals surface area (Å²) in [5.74, 6) is -0.881. The smallest absolute Gasteiger partial charge is 0.343 e. The second kappa shape index (κ2) is 7.62. The maximum Gasteiger partial charge on any atom is 0.343 e. The van der Waals surface area contributed by atoms with Crippen molar-refractivity contribution >= 4 is 39.9 Å². The summed E-state index contributed by atoms with van der Waals surface area (Å²) in [7, 11) is 2.72. The number of nitrogens with zero attached hydrogens (tertiary/aromatic N) is 2. The number of carbonyl (C=O) groups excluding carboxylic acids is 3. The molecule has 2 aliphatic carbocycles.